The molecule has 13 heteroatoms. The molecule has 0 saturated carbocycles. The molecule has 1 unspecified atom stereocenters. The average molecular weight is 477 g/mol. The lowest BCUT2D eigenvalue weighted by atomic mass is 10.1. The lowest BCUT2D eigenvalue weighted by Gasteiger charge is -2.10. The first-order chi connectivity index (χ1) is 14.7. The molecule has 0 radical (unpaired) electrons. The number of halogens is 4. The zero-order valence-corrected chi connectivity index (χ0v) is 17.3. The Hall–Kier alpha value is -2.88. The summed E-state index contributed by atoms with van der Waals surface area (Å²) in [5, 5.41) is 4.28. The van der Waals surface area contributed by atoms with Crippen molar-refractivity contribution in [2.45, 2.75) is 12.7 Å². The highest BCUT2D eigenvalue weighted by Gasteiger charge is 2.30. The lowest BCUT2D eigenvalue weighted by molar-refractivity contribution is -0.137. The van der Waals surface area contributed by atoms with Crippen LogP contribution < -0.4 is 10.5 Å². The Balaban J connectivity index is 1.84. The molecule has 0 aliphatic heterocycles. The third kappa shape index (κ3) is 5.84. The van der Waals surface area contributed by atoms with E-state index in [4.69, 9.17) is 20.8 Å². The van der Waals surface area contributed by atoms with Crippen LogP contribution in [-0.4, -0.2) is 22.7 Å². The normalized spacial score (nSPS) is 11.4. The topological polar surface area (TPSA) is 92.8 Å². The van der Waals surface area contributed by atoms with E-state index in [-0.39, 0.29) is 30.5 Å². The summed E-state index contributed by atoms with van der Waals surface area (Å²) in [5.41, 5.74) is -0.379. The Bertz CT molecular complexity index is 1130. The van der Waals surface area contributed by atoms with E-state index in [2.05, 4.69) is 14.4 Å². The highest BCUT2D eigenvalue weighted by atomic mass is 35.5. The first kappa shape index (κ1) is 22.8. The molecule has 2 aromatic carbocycles. The molecule has 1 heterocycles. The van der Waals surface area contributed by atoms with Crippen molar-refractivity contribution in [2.75, 3.05) is 6.79 Å². The molecule has 0 fully saturated rings. The Morgan fingerprint density at radius 3 is 2.55 bits per heavy atom. The van der Waals surface area contributed by atoms with E-state index in [1.165, 1.54) is 18.2 Å². The van der Waals surface area contributed by atoms with Gasteiger partial charge in [0.2, 0.25) is 5.89 Å². The number of aromatic nitrogens is 2. The summed E-state index contributed by atoms with van der Waals surface area (Å²) in [6, 6.07) is 8.26. The molecule has 0 N–H and O–H groups in total. The van der Waals surface area contributed by atoms with Gasteiger partial charge in [0.15, 0.2) is 6.79 Å². The Labute approximate surface area is 179 Å². The predicted molar refractivity (Wildman–Crippen MR) is 105 cm³/mol. The Kier molecular flexibility index (Phi) is 6.99. The van der Waals surface area contributed by atoms with Gasteiger partial charge in [-0.25, -0.2) is 9.59 Å². The van der Waals surface area contributed by atoms with Gasteiger partial charge in [-0.1, -0.05) is 11.6 Å². The van der Waals surface area contributed by atoms with E-state index in [0.29, 0.717) is 10.6 Å². The number of nitrogens with zero attached hydrogens (tertiary/aromatic N) is 2. The third-order valence-electron chi connectivity index (χ3n) is 3.85. The zero-order chi connectivity index (χ0) is 22.6. The summed E-state index contributed by atoms with van der Waals surface area (Å²) in [6.07, 6.45) is -5.55. The standard InChI is InChI=1S/C18H13ClF3N2O6P/c19-13-5-6-14(29-17(26)27-9-28-31)11(7-13)8-24-16(25)30-15(23-24)10-1-3-12(4-2-10)18(20,21)22/h1-7H,8-9,31H2. The Morgan fingerprint density at radius 1 is 1.19 bits per heavy atom. The van der Waals surface area contributed by atoms with Crippen LogP contribution in [0.3, 0.4) is 0 Å². The summed E-state index contributed by atoms with van der Waals surface area (Å²) in [5.74, 6) is -1.01. The number of hydrogen-bond acceptors (Lipinski definition) is 7. The van der Waals surface area contributed by atoms with Gasteiger partial charge >= 0.3 is 18.1 Å². The van der Waals surface area contributed by atoms with Gasteiger partial charge in [-0.3, -0.25) is 0 Å². The fraction of sp³-hybridized carbons (Fsp3) is 0.167. The maximum Gasteiger partial charge on any atom is 0.515 e. The first-order valence-electron chi connectivity index (χ1n) is 8.37. The van der Waals surface area contributed by atoms with Gasteiger partial charge in [0.05, 0.1) is 12.1 Å². The van der Waals surface area contributed by atoms with Gasteiger partial charge in [-0.15, -0.1) is 5.10 Å². The molecule has 0 spiro atoms. The van der Waals surface area contributed by atoms with E-state index < -0.39 is 23.7 Å². The van der Waals surface area contributed by atoms with Crippen LogP contribution >= 0.6 is 21.1 Å². The van der Waals surface area contributed by atoms with Gasteiger partial charge in [-0.05, 0) is 42.5 Å². The van der Waals surface area contributed by atoms with Crippen LogP contribution in [0.5, 0.6) is 5.75 Å². The molecule has 0 saturated heterocycles. The number of alkyl halides is 3. The zero-order valence-electron chi connectivity index (χ0n) is 15.4. The van der Waals surface area contributed by atoms with Crippen molar-refractivity contribution < 1.29 is 36.4 Å². The van der Waals surface area contributed by atoms with E-state index in [9.17, 15) is 22.8 Å². The second kappa shape index (κ2) is 9.51. The molecule has 3 aromatic rings. The van der Waals surface area contributed by atoms with E-state index in [1.807, 2.05) is 9.47 Å². The average Bonchev–Trinajstić information content (AvgIpc) is 3.08. The summed E-state index contributed by atoms with van der Waals surface area (Å²) < 4.78 is 58.3. The maximum absolute atomic E-state index is 12.7. The molecule has 31 heavy (non-hydrogen) atoms. The molecular weight excluding hydrogens is 464 g/mol. The van der Waals surface area contributed by atoms with Crippen molar-refractivity contribution in [3.63, 3.8) is 0 Å². The van der Waals surface area contributed by atoms with E-state index in [1.54, 1.807) is 0 Å². The van der Waals surface area contributed by atoms with Crippen molar-refractivity contribution in [3.8, 4) is 17.2 Å². The van der Waals surface area contributed by atoms with Gasteiger partial charge in [0, 0.05) is 25.6 Å². The predicted octanol–water partition coefficient (Wildman–Crippen LogP) is 4.50. The number of benzene rings is 2. The van der Waals surface area contributed by atoms with Crippen LogP contribution in [0.1, 0.15) is 11.1 Å². The maximum atomic E-state index is 12.7. The minimum absolute atomic E-state index is 0.0455. The summed E-state index contributed by atoms with van der Waals surface area (Å²) in [6.45, 7) is -0.558. The van der Waals surface area contributed by atoms with Crippen molar-refractivity contribution in [3.05, 3.63) is 69.2 Å². The monoisotopic (exact) mass is 476 g/mol. The van der Waals surface area contributed by atoms with Gasteiger partial charge in [0.1, 0.15) is 5.75 Å². The second-order valence-corrected chi connectivity index (χ2v) is 6.71. The molecule has 1 atom stereocenters. The first-order valence-corrected chi connectivity index (χ1v) is 9.22. The molecule has 8 nitrogen and oxygen atoms in total. The van der Waals surface area contributed by atoms with Gasteiger partial charge in [0.25, 0.3) is 0 Å². The number of ether oxygens (including phenoxy) is 2. The molecule has 164 valence electrons. The molecule has 0 amide bonds. The Morgan fingerprint density at radius 2 is 1.90 bits per heavy atom. The molecular formula is C18H13ClF3N2O6P. The third-order valence-corrected chi connectivity index (χ3v) is 4.22. The highest BCUT2D eigenvalue weighted by molar-refractivity contribution is 7.09. The fourth-order valence-corrected chi connectivity index (χ4v) is 2.72. The number of carbonyl (C=O) groups is 1. The van der Waals surface area contributed by atoms with E-state index in [0.717, 1.165) is 28.9 Å². The minimum atomic E-state index is -4.50. The number of rotatable bonds is 6. The fourth-order valence-electron chi connectivity index (χ4n) is 2.46. The lowest BCUT2D eigenvalue weighted by Crippen LogP contribution is -2.18. The van der Waals surface area contributed by atoms with E-state index >= 15 is 0 Å². The number of hydrogen-bond donors (Lipinski definition) is 0. The van der Waals surface area contributed by atoms with Crippen molar-refractivity contribution >= 4 is 27.2 Å². The molecule has 0 bridgehead atoms. The van der Waals surface area contributed by atoms with Crippen LogP contribution in [0.2, 0.25) is 5.02 Å². The molecule has 0 aliphatic carbocycles. The van der Waals surface area contributed by atoms with Gasteiger partial charge in [-0.2, -0.15) is 17.9 Å². The van der Waals surface area contributed by atoms with Crippen molar-refractivity contribution in [2.24, 2.45) is 0 Å². The summed E-state index contributed by atoms with van der Waals surface area (Å²) in [4.78, 5) is 23.8. The van der Waals surface area contributed by atoms with Crippen molar-refractivity contribution in [1.29, 1.82) is 0 Å². The van der Waals surface area contributed by atoms with Gasteiger partial charge < -0.3 is 18.4 Å². The quantitative estimate of drug-likeness (QED) is 0.224. The van der Waals surface area contributed by atoms with Crippen LogP contribution in [-0.2, 0) is 22.0 Å². The SMILES string of the molecule is O=C(OCOP)Oc1ccc(Cl)cc1Cn1nc(-c2ccc(C(F)(F)F)cc2)oc1=O. The van der Waals surface area contributed by atoms with Crippen LogP contribution in [0.4, 0.5) is 18.0 Å². The molecule has 3 rings (SSSR count). The number of carbonyl (C=O) groups excluding carboxylic acids is 1. The largest absolute Gasteiger partial charge is 0.515 e. The highest BCUT2D eigenvalue weighted by Crippen LogP contribution is 2.30. The van der Waals surface area contributed by atoms with Crippen LogP contribution in [0, 0.1) is 0 Å². The molecule has 0 aliphatic rings. The summed E-state index contributed by atoms with van der Waals surface area (Å²) >= 11 is 5.98. The van der Waals surface area contributed by atoms with Crippen LogP contribution in [0.25, 0.3) is 11.5 Å². The minimum Gasteiger partial charge on any atom is -0.407 e. The molecule has 1 aromatic heterocycles. The van der Waals surface area contributed by atoms with Crippen molar-refractivity contribution in [1.82, 2.24) is 9.78 Å². The smallest absolute Gasteiger partial charge is 0.407 e. The summed E-state index contributed by atoms with van der Waals surface area (Å²) in [7, 11) is 1.90. The van der Waals surface area contributed by atoms with Crippen LogP contribution in [0.15, 0.2) is 51.7 Å². The second-order valence-electron chi connectivity index (χ2n) is 5.94.